The quantitative estimate of drug-likeness (QED) is 0.728. The fraction of sp³-hybridized carbons (Fsp3) is 0.542. The van der Waals surface area contributed by atoms with E-state index in [1.807, 2.05) is 34.6 Å². The Morgan fingerprint density at radius 2 is 1.84 bits per heavy atom. The van der Waals surface area contributed by atoms with Crippen LogP contribution in [0.15, 0.2) is 30.5 Å². The highest BCUT2D eigenvalue weighted by atomic mass is 19.1. The minimum atomic E-state index is -0.545. The molecule has 2 aromatic rings. The maximum absolute atomic E-state index is 13.5. The summed E-state index contributed by atoms with van der Waals surface area (Å²) in [6, 6.07) is 6.10. The third-order valence-corrected chi connectivity index (χ3v) is 5.65. The van der Waals surface area contributed by atoms with Crippen LogP contribution in [-0.2, 0) is 4.74 Å². The predicted octanol–water partition coefficient (Wildman–Crippen LogP) is 4.65. The summed E-state index contributed by atoms with van der Waals surface area (Å²) in [5.74, 6) is -0.473. The van der Waals surface area contributed by atoms with Crippen molar-refractivity contribution in [2.24, 2.45) is 0 Å². The van der Waals surface area contributed by atoms with E-state index >= 15 is 0 Å². The summed E-state index contributed by atoms with van der Waals surface area (Å²) in [7, 11) is 0. The summed E-state index contributed by atoms with van der Waals surface area (Å²) in [4.78, 5) is 27.1. The molecule has 7 nitrogen and oxygen atoms in total. The van der Waals surface area contributed by atoms with Gasteiger partial charge >= 0.3 is 6.09 Å². The number of aromatic nitrogens is 2. The average molecular weight is 445 g/mol. The monoisotopic (exact) mass is 444 g/mol. The molecule has 1 fully saturated rings. The van der Waals surface area contributed by atoms with E-state index in [-0.39, 0.29) is 29.8 Å². The van der Waals surface area contributed by atoms with Gasteiger partial charge in [0.1, 0.15) is 11.4 Å². The van der Waals surface area contributed by atoms with Crippen molar-refractivity contribution >= 4 is 12.0 Å². The van der Waals surface area contributed by atoms with Gasteiger partial charge in [0.2, 0.25) is 0 Å². The van der Waals surface area contributed by atoms with Crippen LogP contribution >= 0.6 is 0 Å². The second-order valence-corrected chi connectivity index (χ2v) is 9.36. The van der Waals surface area contributed by atoms with Crippen molar-refractivity contribution in [3.63, 3.8) is 0 Å². The molecule has 1 aliphatic rings. The van der Waals surface area contributed by atoms with Crippen molar-refractivity contribution in [3.05, 3.63) is 47.5 Å². The zero-order chi connectivity index (χ0) is 23.5. The van der Waals surface area contributed by atoms with Crippen LogP contribution in [0.25, 0.3) is 5.69 Å². The molecule has 0 radical (unpaired) electrons. The fourth-order valence-corrected chi connectivity index (χ4v) is 3.78. The Morgan fingerprint density at radius 1 is 1.22 bits per heavy atom. The first-order valence-electron chi connectivity index (χ1n) is 11.2. The topological polar surface area (TPSA) is 76.5 Å². The number of nitrogens with one attached hydrogen (secondary N) is 1. The Hall–Kier alpha value is -2.90. The molecule has 1 saturated heterocycles. The molecule has 174 valence electrons. The van der Waals surface area contributed by atoms with Gasteiger partial charge in [-0.1, -0.05) is 6.92 Å². The Bertz CT molecular complexity index is 941. The van der Waals surface area contributed by atoms with Crippen LogP contribution < -0.4 is 5.32 Å². The van der Waals surface area contributed by atoms with Crippen LogP contribution in [-0.4, -0.2) is 51.4 Å². The number of halogens is 1. The van der Waals surface area contributed by atoms with Gasteiger partial charge in [0, 0.05) is 25.0 Å². The highest BCUT2D eigenvalue weighted by molar-refractivity contribution is 5.95. The number of benzene rings is 1. The molecule has 0 spiro atoms. The summed E-state index contributed by atoms with van der Waals surface area (Å²) in [6.45, 7) is 10.6. The molecular formula is C24H33FN4O3. The molecule has 2 amide bonds. The SMILES string of the molecule is CCC(C)NC(=O)c1cnn(-c2ccc(F)cc2)c1C1CCN(C(=O)OC(C)(C)C)CC1. The van der Waals surface area contributed by atoms with Crippen molar-refractivity contribution < 1.29 is 18.7 Å². The molecule has 2 heterocycles. The van der Waals surface area contributed by atoms with E-state index in [1.54, 1.807) is 27.9 Å². The van der Waals surface area contributed by atoms with Gasteiger partial charge in [-0.05, 0) is 71.2 Å². The van der Waals surface area contributed by atoms with Crippen LogP contribution in [0.5, 0.6) is 0 Å². The lowest BCUT2D eigenvalue weighted by Gasteiger charge is -2.34. The number of carbonyl (C=O) groups excluding carboxylic acids is 2. The van der Waals surface area contributed by atoms with Gasteiger partial charge in [-0.2, -0.15) is 5.10 Å². The Morgan fingerprint density at radius 3 is 2.41 bits per heavy atom. The number of amides is 2. The third kappa shape index (κ3) is 5.66. The summed E-state index contributed by atoms with van der Waals surface area (Å²) >= 11 is 0. The average Bonchev–Trinajstić information content (AvgIpc) is 3.18. The van der Waals surface area contributed by atoms with E-state index < -0.39 is 5.60 Å². The summed E-state index contributed by atoms with van der Waals surface area (Å²) in [5, 5.41) is 7.49. The van der Waals surface area contributed by atoms with E-state index in [0.717, 1.165) is 12.1 Å². The number of carbonyl (C=O) groups is 2. The van der Waals surface area contributed by atoms with E-state index in [0.29, 0.717) is 37.2 Å². The summed E-state index contributed by atoms with van der Waals surface area (Å²) in [5.41, 5.74) is 1.46. The molecule has 1 aliphatic heterocycles. The molecule has 1 atom stereocenters. The maximum atomic E-state index is 13.5. The number of hydrogen-bond acceptors (Lipinski definition) is 4. The second-order valence-electron chi connectivity index (χ2n) is 9.36. The van der Waals surface area contributed by atoms with E-state index in [2.05, 4.69) is 10.4 Å². The predicted molar refractivity (Wildman–Crippen MR) is 121 cm³/mol. The first-order valence-corrected chi connectivity index (χ1v) is 11.2. The first kappa shape index (κ1) is 23.8. The Labute approximate surface area is 188 Å². The van der Waals surface area contributed by atoms with Crippen LogP contribution in [0.4, 0.5) is 9.18 Å². The zero-order valence-corrected chi connectivity index (χ0v) is 19.5. The van der Waals surface area contributed by atoms with E-state index in [1.165, 1.54) is 12.1 Å². The normalized spacial score (nSPS) is 16.0. The second kappa shape index (κ2) is 9.71. The van der Waals surface area contributed by atoms with Crippen molar-refractivity contribution in [1.82, 2.24) is 20.0 Å². The molecule has 1 aromatic carbocycles. The lowest BCUT2D eigenvalue weighted by molar-refractivity contribution is 0.0203. The minimum Gasteiger partial charge on any atom is -0.444 e. The van der Waals surface area contributed by atoms with E-state index in [9.17, 15) is 14.0 Å². The van der Waals surface area contributed by atoms with Gasteiger partial charge in [-0.3, -0.25) is 4.79 Å². The van der Waals surface area contributed by atoms with Crippen molar-refractivity contribution in [2.45, 2.75) is 71.4 Å². The smallest absolute Gasteiger partial charge is 0.410 e. The van der Waals surface area contributed by atoms with Gasteiger partial charge in [0.25, 0.3) is 5.91 Å². The van der Waals surface area contributed by atoms with Crippen molar-refractivity contribution in [2.75, 3.05) is 13.1 Å². The lowest BCUT2D eigenvalue weighted by Crippen LogP contribution is -2.41. The molecule has 8 heteroatoms. The van der Waals surface area contributed by atoms with Gasteiger partial charge in [0.05, 0.1) is 23.1 Å². The Kier molecular flexibility index (Phi) is 7.21. The van der Waals surface area contributed by atoms with Crippen molar-refractivity contribution in [1.29, 1.82) is 0 Å². The molecule has 1 aromatic heterocycles. The minimum absolute atomic E-state index is 0.0268. The molecule has 1 unspecified atom stereocenters. The molecule has 0 saturated carbocycles. The zero-order valence-electron chi connectivity index (χ0n) is 19.5. The van der Waals surface area contributed by atoms with Gasteiger partial charge < -0.3 is 15.0 Å². The standard InChI is InChI=1S/C24H33FN4O3/c1-6-16(2)27-22(30)20-15-26-29(19-9-7-18(25)8-10-19)21(20)17-11-13-28(14-12-17)23(31)32-24(3,4)5/h7-10,15-17H,6,11-14H2,1-5H3,(H,27,30). The van der Waals surface area contributed by atoms with Gasteiger partial charge in [0.15, 0.2) is 0 Å². The number of rotatable bonds is 5. The van der Waals surface area contributed by atoms with Crippen LogP contribution in [0.3, 0.4) is 0 Å². The highest BCUT2D eigenvalue weighted by Gasteiger charge is 2.32. The Balaban J connectivity index is 1.86. The molecule has 0 bridgehead atoms. The number of ether oxygens (including phenoxy) is 1. The van der Waals surface area contributed by atoms with Crippen LogP contribution in [0, 0.1) is 5.82 Å². The summed E-state index contributed by atoms with van der Waals surface area (Å²) < 4.78 is 20.7. The first-order chi connectivity index (χ1) is 15.1. The number of hydrogen-bond donors (Lipinski definition) is 1. The molecule has 32 heavy (non-hydrogen) atoms. The molecule has 1 N–H and O–H groups in total. The van der Waals surface area contributed by atoms with E-state index in [4.69, 9.17) is 4.74 Å². The summed E-state index contributed by atoms with van der Waals surface area (Å²) in [6.07, 6.45) is 3.43. The molecular weight excluding hydrogens is 411 g/mol. The number of nitrogens with zero attached hydrogens (tertiary/aromatic N) is 3. The van der Waals surface area contributed by atoms with Crippen LogP contribution in [0.1, 0.15) is 75.9 Å². The molecule has 0 aliphatic carbocycles. The third-order valence-electron chi connectivity index (χ3n) is 5.65. The van der Waals surface area contributed by atoms with Gasteiger partial charge in [-0.15, -0.1) is 0 Å². The molecule has 3 rings (SSSR count). The highest BCUT2D eigenvalue weighted by Crippen LogP contribution is 2.33. The van der Waals surface area contributed by atoms with Crippen molar-refractivity contribution in [3.8, 4) is 5.69 Å². The van der Waals surface area contributed by atoms with Crippen LogP contribution in [0.2, 0.25) is 0 Å². The largest absolute Gasteiger partial charge is 0.444 e. The van der Waals surface area contributed by atoms with Gasteiger partial charge in [-0.25, -0.2) is 13.9 Å². The fourth-order valence-electron chi connectivity index (χ4n) is 3.78. The maximum Gasteiger partial charge on any atom is 0.410 e. The number of likely N-dealkylation sites (tertiary alicyclic amines) is 1. The number of piperidine rings is 1. The lowest BCUT2D eigenvalue weighted by atomic mass is 9.90.